The number of benzene rings is 1. The minimum atomic E-state index is -3.47. The lowest BCUT2D eigenvalue weighted by molar-refractivity contribution is 0.107. The van der Waals surface area contributed by atoms with E-state index < -0.39 is 10.0 Å². The van der Waals surface area contributed by atoms with Gasteiger partial charge >= 0.3 is 0 Å². The van der Waals surface area contributed by atoms with Gasteiger partial charge in [-0.3, -0.25) is 0 Å². The van der Waals surface area contributed by atoms with E-state index in [0.29, 0.717) is 6.42 Å². The van der Waals surface area contributed by atoms with Crippen LogP contribution in [0.4, 0.5) is 0 Å². The zero-order chi connectivity index (χ0) is 15.3. The Kier molecular flexibility index (Phi) is 5.75. The van der Waals surface area contributed by atoms with Crippen molar-refractivity contribution in [3.63, 3.8) is 0 Å². The maximum atomic E-state index is 12.3. The standard InChI is InChI=1S/C15H23NO4S/c1-20-14-7-6-13(11-14)16-21(18,19)15-8-4-12(5-9-15)3-2-10-17/h4-5,8-9,13-14,16-17H,2-3,6-7,10-11H2,1H3. The van der Waals surface area contributed by atoms with Crippen molar-refractivity contribution in [3.05, 3.63) is 29.8 Å². The second-order valence-electron chi connectivity index (χ2n) is 5.46. The van der Waals surface area contributed by atoms with Crippen molar-refractivity contribution in [3.8, 4) is 0 Å². The van der Waals surface area contributed by atoms with Crippen molar-refractivity contribution in [1.82, 2.24) is 4.72 Å². The molecule has 0 radical (unpaired) electrons. The first-order valence-electron chi connectivity index (χ1n) is 7.30. The molecule has 2 N–H and O–H groups in total. The third kappa shape index (κ3) is 4.51. The van der Waals surface area contributed by atoms with Crippen LogP contribution in [0, 0.1) is 0 Å². The van der Waals surface area contributed by atoms with Crippen molar-refractivity contribution >= 4 is 10.0 Å². The number of aliphatic hydroxyl groups excluding tert-OH is 1. The first kappa shape index (κ1) is 16.4. The molecule has 5 nitrogen and oxygen atoms in total. The van der Waals surface area contributed by atoms with Gasteiger partial charge in [0.25, 0.3) is 0 Å². The highest BCUT2D eigenvalue weighted by Gasteiger charge is 2.28. The van der Waals surface area contributed by atoms with E-state index in [0.717, 1.165) is 31.2 Å². The van der Waals surface area contributed by atoms with Gasteiger partial charge in [0, 0.05) is 19.8 Å². The molecule has 21 heavy (non-hydrogen) atoms. The molecule has 0 heterocycles. The van der Waals surface area contributed by atoms with E-state index in [1.54, 1.807) is 31.4 Å². The van der Waals surface area contributed by atoms with Gasteiger partial charge in [-0.2, -0.15) is 0 Å². The number of nitrogens with one attached hydrogen (secondary N) is 1. The van der Waals surface area contributed by atoms with Gasteiger partial charge in [0.1, 0.15) is 0 Å². The summed E-state index contributed by atoms with van der Waals surface area (Å²) in [5, 5.41) is 8.80. The fourth-order valence-electron chi connectivity index (χ4n) is 2.67. The average Bonchev–Trinajstić information content (AvgIpc) is 2.92. The molecule has 1 saturated carbocycles. The van der Waals surface area contributed by atoms with Gasteiger partial charge < -0.3 is 9.84 Å². The zero-order valence-electron chi connectivity index (χ0n) is 12.3. The number of rotatable bonds is 7. The highest BCUT2D eigenvalue weighted by molar-refractivity contribution is 7.89. The van der Waals surface area contributed by atoms with E-state index in [1.807, 2.05) is 0 Å². The lowest BCUT2D eigenvalue weighted by atomic mass is 10.1. The Morgan fingerprint density at radius 1 is 1.29 bits per heavy atom. The molecule has 6 heteroatoms. The second-order valence-corrected chi connectivity index (χ2v) is 7.17. The SMILES string of the molecule is COC1CCC(NS(=O)(=O)c2ccc(CCCO)cc2)C1. The average molecular weight is 313 g/mol. The quantitative estimate of drug-likeness (QED) is 0.799. The number of aryl methyl sites for hydroxylation is 1. The molecule has 0 aromatic heterocycles. The minimum Gasteiger partial charge on any atom is -0.396 e. The van der Waals surface area contributed by atoms with Crippen LogP contribution in [0.25, 0.3) is 0 Å². The van der Waals surface area contributed by atoms with Crippen molar-refractivity contribution < 1.29 is 18.3 Å². The first-order chi connectivity index (χ1) is 10.0. The van der Waals surface area contributed by atoms with Crippen LogP contribution in [0.3, 0.4) is 0 Å². The number of ether oxygens (including phenoxy) is 1. The highest BCUT2D eigenvalue weighted by atomic mass is 32.2. The summed E-state index contributed by atoms with van der Waals surface area (Å²) in [6.45, 7) is 0.143. The van der Waals surface area contributed by atoms with Gasteiger partial charge in [-0.15, -0.1) is 0 Å². The summed E-state index contributed by atoms with van der Waals surface area (Å²) in [4.78, 5) is 0.288. The summed E-state index contributed by atoms with van der Waals surface area (Å²) in [7, 11) is -1.81. The largest absolute Gasteiger partial charge is 0.396 e. The predicted molar refractivity (Wildman–Crippen MR) is 80.6 cm³/mol. The van der Waals surface area contributed by atoms with Gasteiger partial charge in [0.2, 0.25) is 10.0 Å². The van der Waals surface area contributed by atoms with Crippen LogP contribution in [0.1, 0.15) is 31.2 Å². The van der Waals surface area contributed by atoms with Crippen molar-refractivity contribution in [2.45, 2.75) is 49.1 Å². The van der Waals surface area contributed by atoms with Gasteiger partial charge in [-0.25, -0.2) is 13.1 Å². The highest BCUT2D eigenvalue weighted by Crippen LogP contribution is 2.23. The monoisotopic (exact) mass is 313 g/mol. The second kappa shape index (κ2) is 7.35. The van der Waals surface area contributed by atoms with E-state index in [-0.39, 0.29) is 23.6 Å². The molecule has 1 aliphatic carbocycles. The van der Waals surface area contributed by atoms with Crippen LogP contribution in [0.15, 0.2) is 29.2 Å². The Hall–Kier alpha value is -0.950. The summed E-state index contributed by atoms with van der Waals surface area (Å²) in [6.07, 6.45) is 4.02. The summed E-state index contributed by atoms with van der Waals surface area (Å²) >= 11 is 0. The smallest absolute Gasteiger partial charge is 0.240 e. The van der Waals surface area contributed by atoms with Gasteiger partial charge in [-0.1, -0.05) is 12.1 Å². The molecule has 0 bridgehead atoms. The Labute approximate surface area is 126 Å². The van der Waals surface area contributed by atoms with Gasteiger partial charge in [0.05, 0.1) is 11.0 Å². The van der Waals surface area contributed by atoms with E-state index >= 15 is 0 Å². The Balaban J connectivity index is 1.99. The topological polar surface area (TPSA) is 75.6 Å². The Morgan fingerprint density at radius 2 is 2.00 bits per heavy atom. The van der Waals surface area contributed by atoms with Crippen molar-refractivity contribution in [1.29, 1.82) is 0 Å². The molecule has 2 rings (SSSR count). The lowest BCUT2D eigenvalue weighted by Gasteiger charge is -2.13. The molecule has 2 unspecified atom stereocenters. The van der Waals surface area contributed by atoms with Crippen LogP contribution in [-0.2, 0) is 21.2 Å². The number of aliphatic hydroxyl groups is 1. The molecule has 0 spiro atoms. The molecular formula is C15H23NO4S. The number of methoxy groups -OCH3 is 1. The van der Waals surface area contributed by atoms with Gasteiger partial charge in [-0.05, 0) is 49.8 Å². The fourth-order valence-corrected chi connectivity index (χ4v) is 3.95. The van der Waals surface area contributed by atoms with Crippen molar-refractivity contribution in [2.24, 2.45) is 0 Å². The van der Waals surface area contributed by atoms with Crippen LogP contribution < -0.4 is 4.72 Å². The first-order valence-corrected chi connectivity index (χ1v) is 8.78. The Morgan fingerprint density at radius 3 is 2.57 bits per heavy atom. The number of hydrogen-bond donors (Lipinski definition) is 2. The van der Waals surface area contributed by atoms with E-state index in [9.17, 15) is 8.42 Å². The maximum absolute atomic E-state index is 12.3. The molecule has 1 aromatic carbocycles. The summed E-state index contributed by atoms with van der Waals surface area (Å²) in [5.41, 5.74) is 1.03. The summed E-state index contributed by atoms with van der Waals surface area (Å²) in [6, 6.07) is 6.80. The Bertz CT molecular complexity index is 541. The third-order valence-corrected chi connectivity index (χ3v) is 5.43. The van der Waals surface area contributed by atoms with Crippen molar-refractivity contribution in [2.75, 3.05) is 13.7 Å². The molecule has 1 fully saturated rings. The molecule has 2 atom stereocenters. The van der Waals surface area contributed by atoms with E-state index in [2.05, 4.69) is 4.72 Å². The van der Waals surface area contributed by atoms with Crippen LogP contribution >= 0.6 is 0 Å². The predicted octanol–water partition coefficient (Wildman–Crippen LogP) is 1.46. The van der Waals surface area contributed by atoms with Crippen LogP contribution in [-0.4, -0.2) is 39.4 Å². The lowest BCUT2D eigenvalue weighted by Crippen LogP contribution is -2.33. The maximum Gasteiger partial charge on any atom is 0.240 e. The molecule has 1 aromatic rings. The molecule has 0 amide bonds. The minimum absolute atomic E-state index is 0.0472. The molecule has 0 aliphatic heterocycles. The summed E-state index contributed by atoms with van der Waals surface area (Å²) in [5.74, 6) is 0. The molecular weight excluding hydrogens is 290 g/mol. The summed E-state index contributed by atoms with van der Waals surface area (Å²) < 4.78 is 32.6. The zero-order valence-corrected chi connectivity index (χ0v) is 13.1. The normalized spacial score (nSPS) is 22.6. The third-order valence-electron chi connectivity index (χ3n) is 3.90. The van der Waals surface area contributed by atoms with E-state index in [4.69, 9.17) is 9.84 Å². The van der Waals surface area contributed by atoms with Gasteiger partial charge in [0.15, 0.2) is 0 Å². The fraction of sp³-hybridized carbons (Fsp3) is 0.600. The van der Waals surface area contributed by atoms with Crippen LogP contribution in [0.5, 0.6) is 0 Å². The number of hydrogen-bond acceptors (Lipinski definition) is 4. The molecule has 1 aliphatic rings. The van der Waals surface area contributed by atoms with Crippen LogP contribution in [0.2, 0.25) is 0 Å². The van der Waals surface area contributed by atoms with E-state index in [1.165, 1.54) is 0 Å². The molecule has 118 valence electrons. The number of sulfonamides is 1. The molecule has 0 saturated heterocycles.